The minimum Gasteiger partial charge on any atom is -0.508 e. The molecule has 74 valence electrons. The first kappa shape index (κ1) is 9.25. The van der Waals surface area contributed by atoms with Crippen LogP contribution >= 0.6 is 0 Å². The van der Waals surface area contributed by atoms with Gasteiger partial charge in [0.25, 0.3) is 0 Å². The van der Waals surface area contributed by atoms with Crippen LogP contribution < -0.4 is 0 Å². The molecular formula is C12H14O2. The summed E-state index contributed by atoms with van der Waals surface area (Å²) < 4.78 is 0. The van der Waals surface area contributed by atoms with E-state index in [4.69, 9.17) is 0 Å². The average Bonchev–Trinajstić information content (AvgIpc) is 2.10. The monoisotopic (exact) mass is 190 g/mol. The molecule has 0 aromatic heterocycles. The Bertz CT molecular complexity index is 329. The van der Waals surface area contributed by atoms with E-state index >= 15 is 0 Å². The van der Waals surface area contributed by atoms with Crippen molar-refractivity contribution in [3.8, 4) is 5.75 Å². The third-order valence-corrected chi connectivity index (χ3v) is 3.06. The lowest BCUT2D eigenvalue weighted by Gasteiger charge is -2.30. The van der Waals surface area contributed by atoms with Crippen LogP contribution in [0.5, 0.6) is 5.75 Å². The molecule has 0 saturated heterocycles. The minimum atomic E-state index is -0.0177. The van der Waals surface area contributed by atoms with Crippen molar-refractivity contribution in [1.29, 1.82) is 0 Å². The number of rotatable bonds is 3. The Morgan fingerprint density at radius 1 is 1.43 bits per heavy atom. The van der Waals surface area contributed by atoms with Crippen LogP contribution in [0.15, 0.2) is 24.3 Å². The number of phenolic OH excluding ortho intramolecular Hbond substituents is 1. The number of aldehydes is 1. The maximum atomic E-state index is 11.0. The van der Waals surface area contributed by atoms with E-state index in [1.54, 1.807) is 18.2 Å². The fourth-order valence-corrected chi connectivity index (χ4v) is 1.99. The van der Waals surface area contributed by atoms with Crippen LogP contribution in [0.1, 0.15) is 30.7 Å². The number of benzene rings is 1. The molecule has 14 heavy (non-hydrogen) atoms. The summed E-state index contributed by atoms with van der Waals surface area (Å²) in [7, 11) is 0. The van der Waals surface area contributed by atoms with Crippen LogP contribution in [0.2, 0.25) is 0 Å². The van der Waals surface area contributed by atoms with Gasteiger partial charge in [-0.15, -0.1) is 0 Å². The van der Waals surface area contributed by atoms with E-state index in [2.05, 4.69) is 0 Å². The number of phenols is 1. The van der Waals surface area contributed by atoms with Gasteiger partial charge in [0.1, 0.15) is 12.0 Å². The fourth-order valence-electron chi connectivity index (χ4n) is 1.99. The number of aromatic hydroxyl groups is 1. The van der Waals surface area contributed by atoms with Gasteiger partial charge in [-0.1, -0.05) is 18.6 Å². The van der Waals surface area contributed by atoms with Gasteiger partial charge in [0.2, 0.25) is 0 Å². The lowest BCUT2D eigenvalue weighted by atomic mass is 9.74. The topological polar surface area (TPSA) is 37.3 Å². The maximum absolute atomic E-state index is 11.0. The molecule has 1 fully saturated rings. The predicted molar refractivity (Wildman–Crippen MR) is 54.3 cm³/mol. The van der Waals surface area contributed by atoms with Gasteiger partial charge in [-0.05, 0) is 36.5 Å². The van der Waals surface area contributed by atoms with E-state index in [1.165, 1.54) is 6.42 Å². The second kappa shape index (κ2) is 3.82. The smallest absolute Gasteiger partial charge is 0.127 e. The SMILES string of the molecule is O=CC(c1cccc(O)c1)C1CCC1. The summed E-state index contributed by atoms with van der Waals surface area (Å²) >= 11 is 0. The third-order valence-electron chi connectivity index (χ3n) is 3.06. The second-order valence-corrected chi connectivity index (χ2v) is 3.95. The molecule has 1 atom stereocenters. The number of carbonyl (C=O) groups excluding carboxylic acids is 1. The molecule has 0 heterocycles. The van der Waals surface area contributed by atoms with Gasteiger partial charge in [0.15, 0.2) is 0 Å². The van der Waals surface area contributed by atoms with Crippen LogP contribution in [-0.2, 0) is 4.79 Å². The van der Waals surface area contributed by atoms with Crippen LogP contribution in [0, 0.1) is 5.92 Å². The van der Waals surface area contributed by atoms with E-state index in [0.717, 1.165) is 24.7 Å². The van der Waals surface area contributed by atoms with Gasteiger partial charge < -0.3 is 9.90 Å². The van der Waals surface area contributed by atoms with Crippen molar-refractivity contribution in [3.05, 3.63) is 29.8 Å². The van der Waals surface area contributed by atoms with Gasteiger partial charge in [0, 0.05) is 5.92 Å². The molecule has 2 heteroatoms. The molecule has 1 N–H and O–H groups in total. The predicted octanol–water partition coefficient (Wildman–Crippen LogP) is 2.47. The third kappa shape index (κ3) is 1.65. The summed E-state index contributed by atoms with van der Waals surface area (Å²) in [4.78, 5) is 11.0. The molecule has 0 spiro atoms. The molecule has 2 nitrogen and oxygen atoms in total. The zero-order chi connectivity index (χ0) is 9.97. The molecule has 1 aromatic rings. The molecule has 2 rings (SSSR count). The average molecular weight is 190 g/mol. The summed E-state index contributed by atoms with van der Waals surface area (Å²) in [5.74, 6) is 0.721. The highest BCUT2D eigenvalue weighted by Gasteiger charge is 2.28. The van der Waals surface area contributed by atoms with Crippen molar-refractivity contribution in [1.82, 2.24) is 0 Å². The molecule has 0 bridgehead atoms. The fraction of sp³-hybridized carbons (Fsp3) is 0.417. The zero-order valence-electron chi connectivity index (χ0n) is 8.02. The number of carbonyl (C=O) groups is 1. The molecule has 0 amide bonds. The first-order valence-electron chi connectivity index (χ1n) is 5.05. The molecule has 0 aliphatic heterocycles. The summed E-state index contributed by atoms with van der Waals surface area (Å²) in [6.45, 7) is 0. The lowest BCUT2D eigenvalue weighted by Crippen LogP contribution is -2.21. The first-order chi connectivity index (χ1) is 6.81. The van der Waals surface area contributed by atoms with E-state index in [9.17, 15) is 9.90 Å². The van der Waals surface area contributed by atoms with Gasteiger partial charge in [-0.2, -0.15) is 0 Å². The molecule has 0 radical (unpaired) electrons. The highest BCUT2D eigenvalue weighted by atomic mass is 16.3. The van der Waals surface area contributed by atoms with Crippen molar-refractivity contribution in [2.45, 2.75) is 25.2 Å². The Kier molecular flexibility index (Phi) is 2.53. The van der Waals surface area contributed by atoms with Crippen molar-refractivity contribution >= 4 is 6.29 Å². The van der Waals surface area contributed by atoms with E-state index in [1.807, 2.05) is 6.07 Å². The van der Waals surface area contributed by atoms with Crippen LogP contribution in [0.4, 0.5) is 0 Å². The molecule has 1 saturated carbocycles. The Morgan fingerprint density at radius 3 is 2.71 bits per heavy atom. The van der Waals surface area contributed by atoms with Gasteiger partial charge in [-0.3, -0.25) is 0 Å². The molecule has 1 aliphatic rings. The standard InChI is InChI=1S/C12H14O2/c13-8-12(9-3-1-4-9)10-5-2-6-11(14)7-10/h2,5-9,12,14H,1,3-4H2. The zero-order valence-corrected chi connectivity index (χ0v) is 8.02. The Hall–Kier alpha value is -1.31. The van der Waals surface area contributed by atoms with Crippen molar-refractivity contribution in [2.24, 2.45) is 5.92 Å². The summed E-state index contributed by atoms with van der Waals surface area (Å²) in [5.41, 5.74) is 0.949. The van der Waals surface area contributed by atoms with Crippen molar-refractivity contribution < 1.29 is 9.90 Å². The van der Waals surface area contributed by atoms with Crippen molar-refractivity contribution in [2.75, 3.05) is 0 Å². The molecular weight excluding hydrogens is 176 g/mol. The minimum absolute atomic E-state index is 0.0177. The van der Waals surface area contributed by atoms with E-state index < -0.39 is 0 Å². The van der Waals surface area contributed by atoms with E-state index in [-0.39, 0.29) is 11.7 Å². The summed E-state index contributed by atoms with van der Waals surface area (Å²) in [6.07, 6.45) is 4.52. The maximum Gasteiger partial charge on any atom is 0.127 e. The highest BCUT2D eigenvalue weighted by molar-refractivity contribution is 5.63. The molecule has 1 unspecified atom stereocenters. The molecule has 1 aromatic carbocycles. The lowest BCUT2D eigenvalue weighted by molar-refractivity contribution is -0.110. The highest BCUT2D eigenvalue weighted by Crippen LogP contribution is 2.38. The quantitative estimate of drug-likeness (QED) is 0.743. The normalized spacial score (nSPS) is 18.6. The second-order valence-electron chi connectivity index (χ2n) is 3.95. The number of hydrogen-bond acceptors (Lipinski definition) is 2. The Morgan fingerprint density at radius 2 is 2.21 bits per heavy atom. The molecule has 1 aliphatic carbocycles. The van der Waals surface area contributed by atoms with Gasteiger partial charge in [0.05, 0.1) is 0 Å². The largest absolute Gasteiger partial charge is 0.508 e. The Labute approximate surface area is 83.6 Å². The van der Waals surface area contributed by atoms with Crippen LogP contribution in [-0.4, -0.2) is 11.4 Å². The van der Waals surface area contributed by atoms with Crippen LogP contribution in [0.25, 0.3) is 0 Å². The summed E-state index contributed by atoms with van der Waals surface area (Å²) in [5, 5.41) is 9.31. The van der Waals surface area contributed by atoms with Gasteiger partial charge in [-0.25, -0.2) is 0 Å². The van der Waals surface area contributed by atoms with Crippen LogP contribution in [0.3, 0.4) is 0 Å². The Balaban J connectivity index is 2.21. The van der Waals surface area contributed by atoms with Crippen molar-refractivity contribution in [3.63, 3.8) is 0 Å². The van der Waals surface area contributed by atoms with E-state index in [0.29, 0.717) is 5.92 Å². The summed E-state index contributed by atoms with van der Waals surface area (Å²) in [6, 6.07) is 7.03. The van der Waals surface area contributed by atoms with Gasteiger partial charge >= 0.3 is 0 Å². The number of hydrogen-bond donors (Lipinski definition) is 1. The first-order valence-corrected chi connectivity index (χ1v) is 5.05.